The number of piperidine rings is 3. The number of fused-ring (bicyclic) bond motifs is 3. The van der Waals surface area contributed by atoms with Crippen LogP contribution in [0, 0.1) is 5.92 Å². The molecule has 146 valence electrons. The molecule has 4 heterocycles. The van der Waals surface area contributed by atoms with E-state index in [-0.39, 0.29) is 0 Å². The number of carboxylic acid groups (broad SMARTS) is 4. The lowest BCUT2D eigenvalue weighted by molar-refractivity contribution is -0.159. The van der Waals surface area contributed by atoms with Crippen molar-refractivity contribution in [1.82, 2.24) is 9.88 Å². The third-order valence-electron chi connectivity index (χ3n) is 3.94. The molecule has 0 saturated carbocycles. The average Bonchev–Trinajstić information content (AvgIpc) is 2.64. The van der Waals surface area contributed by atoms with Gasteiger partial charge in [0, 0.05) is 18.9 Å². The molecule has 0 aromatic carbocycles. The van der Waals surface area contributed by atoms with Crippen molar-refractivity contribution in [2.24, 2.45) is 5.92 Å². The standard InChI is InChI=1S/C13H16N2.2C2H2O4/c1-5-14-6-2-11(1)9-13-10-15-7-3-12(13)4-8-15;2*3-1(4)2(5)6/h1-2,5-6,9,12H,3-4,7-8,10H2;2*(H,3,4)(H,5,6)/b13-9+;;. The van der Waals surface area contributed by atoms with Gasteiger partial charge in [-0.15, -0.1) is 0 Å². The molecule has 0 amide bonds. The summed E-state index contributed by atoms with van der Waals surface area (Å²) in [4.78, 5) is 43.0. The highest BCUT2D eigenvalue weighted by Gasteiger charge is 2.28. The van der Waals surface area contributed by atoms with E-state index in [2.05, 4.69) is 28.1 Å². The van der Waals surface area contributed by atoms with Gasteiger partial charge in [0.1, 0.15) is 0 Å². The Bertz CT molecular complexity index is 661. The first kappa shape index (κ1) is 21.8. The van der Waals surface area contributed by atoms with Gasteiger partial charge in [-0.25, -0.2) is 19.2 Å². The number of rotatable bonds is 1. The largest absolute Gasteiger partial charge is 0.473 e. The molecule has 0 unspecified atom stereocenters. The minimum atomic E-state index is -1.82. The van der Waals surface area contributed by atoms with E-state index in [0.717, 1.165) is 5.92 Å². The molecule has 3 aliphatic rings. The second-order valence-electron chi connectivity index (χ2n) is 5.77. The van der Waals surface area contributed by atoms with Gasteiger partial charge < -0.3 is 20.4 Å². The van der Waals surface area contributed by atoms with Crippen LogP contribution >= 0.6 is 0 Å². The maximum Gasteiger partial charge on any atom is 0.414 e. The SMILES string of the molecule is C(=C1/CN2CCC1CC2)/c1ccncc1.O=C(O)C(=O)O.O=C(O)C(=O)O. The van der Waals surface area contributed by atoms with Crippen LogP contribution in [-0.2, 0) is 19.2 Å². The van der Waals surface area contributed by atoms with Crippen LogP contribution in [0.3, 0.4) is 0 Å². The third-order valence-corrected chi connectivity index (χ3v) is 3.94. The highest BCUT2D eigenvalue weighted by molar-refractivity contribution is 6.27. The highest BCUT2D eigenvalue weighted by atomic mass is 16.4. The van der Waals surface area contributed by atoms with Crippen molar-refractivity contribution >= 4 is 30.0 Å². The molecule has 4 N–H and O–H groups in total. The number of hydrogen-bond donors (Lipinski definition) is 4. The van der Waals surface area contributed by atoms with Gasteiger partial charge in [-0.05, 0) is 49.5 Å². The summed E-state index contributed by atoms with van der Waals surface area (Å²) in [6, 6.07) is 4.18. The van der Waals surface area contributed by atoms with E-state index in [1.165, 1.54) is 38.0 Å². The van der Waals surface area contributed by atoms with Crippen molar-refractivity contribution < 1.29 is 39.6 Å². The maximum absolute atomic E-state index is 9.10. The molecule has 10 nitrogen and oxygen atoms in total. The van der Waals surface area contributed by atoms with E-state index >= 15 is 0 Å². The molecule has 1 aromatic rings. The van der Waals surface area contributed by atoms with Crippen LogP contribution in [0.15, 0.2) is 30.1 Å². The lowest BCUT2D eigenvalue weighted by Gasteiger charge is -2.41. The fraction of sp³-hybridized carbons (Fsp3) is 0.353. The molecule has 1 aromatic heterocycles. The molecule has 10 heteroatoms. The van der Waals surface area contributed by atoms with Crippen LogP contribution < -0.4 is 0 Å². The van der Waals surface area contributed by atoms with Crippen molar-refractivity contribution in [1.29, 1.82) is 0 Å². The van der Waals surface area contributed by atoms with E-state index in [1.54, 1.807) is 5.57 Å². The number of aliphatic carboxylic acids is 4. The van der Waals surface area contributed by atoms with Gasteiger partial charge in [-0.3, -0.25) is 9.88 Å². The Morgan fingerprint density at radius 2 is 1.33 bits per heavy atom. The first-order valence-corrected chi connectivity index (χ1v) is 7.96. The Morgan fingerprint density at radius 1 is 0.889 bits per heavy atom. The van der Waals surface area contributed by atoms with Crippen molar-refractivity contribution in [3.05, 3.63) is 35.7 Å². The summed E-state index contributed by atoms with van der Waals surface area (Å²) in [5.74, 6) is -6.45. The number of pyridine rings is 1. The Kier molecular flexibility index (Phi) is 8.60. The van der Waals surface area contributed by atoms with Gasteiger partial charge >= 0.3 is 23.9 Å². The summed E-state index contributed by atoms with van der Waals surface area (Å²) in [6.07, 6.45) is 8.81. The van der Waals surface area contributed by atoms with Gasteiger partial charge in [0.15, 0.2) is 0 Å². The van der Waals surface area contributed by atoms with Crippen molar-refractivity contribution in [2.75, 3.05) is 19.6 Å². The van der Waals surface area contributed by atoms with Crippen LogP contribution in [0.5, 0.6) is 0 Å². The molecule has 27 heavy (non-hydrogen) atoms. The molecule has 4 rings (SSSR count). The predicted molar refractivity (Wildman–Crippen MR) is 91.9 cm³/mol. The maximum atomic E-state index is 9.10. The number of carboxylic acids is 4. The third kappa shape index (κ3) is 8.10. The van der Waals surface area contributed by atoms with E-state index in [4.69, 9.17) is 39.6 Å². The molecule has 3 saturated heterocycles. The Labute approximate surface area is 154 Å². The van der Waals surface area contributed by atoms with Gasteiger partial charge in [-0.1, -0.05) is 11.6 Å². The predicted octanol–water partition coefficient (Wildman–Crippen LogP) is 0.502. The fourth-order valence-corrected chi connectivity index (χ4v) is 2.69. The van der Waals surface area contributed by atoms with E-state index in [9.17, 15) is 0 Å². The normalized spacial score (nSPS) is 21.1. The number of nitrogens with zero attached hydrogens (tertiary/aromatic N) is 2. The van der Waals surface area contributed by atoms with Crippen LogP contribution in [0.1, 0.15) is 18.4 Å². The van der Waals surface area contributed by atoms with Gasteiger partial charge in [0.05, 0.1) is 0 Å². The topological polar surface area (TPSA) is 165 Å². The summed E-state index contributed by atoms with van der Waals surface area (Å²) in [7, 11) is 0. The monoisotopic (exact) mass is 380 g/mol. The van der Waals surface area contributed by atoms with Gasteiger partial charge in [0.2, 0.25) is 0 Å². The van der Waals surface area contributed by atoms with E-state index in [1.807, 2.05) is 12.4 Å². The van der Waals surface area contributed by atoms with Crippen molar-refractivity contribution in [3.63, 3.8) is 0 Å². The van der Waals surface area contributed by atoms with Crippen LogP contribution in [0.2, 0.25) is 0 Å². The Balaban J connectivity index is 0.000000256. The lowest BCUT2D eigenvalue weighted by Crippen LogP contribution is -2.42. The molecule has 0 spiro atoms. The quantitative estimate of drug-likeness (QED) is 0.504. The molecule has 0 aliphatic carbocycles. The molecule has 2 bridgehead atoms. The van der Waals surface area contributed by atoms with Crippen LogP contribution in [-0.4, -0.2) is 73.8 Å². The van der Waals surface area contributed by atoms with Gasteiger partial charge in [-0.2, -0.15) is 0 Å². The minimum absolute atomic E-state index is 0.850. The zero-order valence-electron chi connectivity index (χ0n) is 14.3. The number of hydrogen-bond acceptors (Lipinski definition) is 6. The smallest absolute Gasteiger partial charge is 0.414 e. The van der Waals surface area contributed by atoms with Crippen LogP contribution in [0.25, 0.3) is 6.08 Å². The summed E-state index contributed by atoms with van der Waals surface area (Å²) in [6.45, 7) is 3.80. The molecule has 3 aliphatic heterocycles. The Hall–Kier alpha value is -3.27. The second kappa shape index (κ2) is 10.7. The average molecular weight is 380 g/mol. The lowest BCUT2D eigenvalue weighted by atomic mass is 9.83. The Morgan fingerprint density at radius 3 is 1.67 bits per heavy atom. The molecular weight excluding hydrogens is 360 g/mol. The molecule has 0 atom stereocenters. The first-order chi connectivity index (χ1) is 12.7. The van der Waals surface area contributed by atoms with Gasteiger partial charge in [0.25, 0.3) is 0 Å². The van der Waals surface area contributed by atoms with Crippen molar-refractivity contribution in [2.45, 2.75) is 12.8 Å². The molecule has 3 fully saturated rings. The fourth-order valence-electron chi connectivity index (χ4n) is 2.69. The summed E-state index contributed by atoms with van der Waals surface area (Å²) < 4.78 is 0. The van der Waals surface area contributed by atoms with Crippen molar-refractivity contribution in [3.8, 4) is 0 Å². The van der Waals surface area contributed by atoms with Crippen LogP contribution in [0.4, 0.5) is 0 Å². The zero-order chi connectivity index (χ0) is 20.4. The summed E-state index contributed by atoms with van der Waals surface area (Å²) in [5.41, 5.74) is 2.92. The second-order valence-corrected chi connectivity index (χ2v) is 5.77. The number of aromatic nitrogens is 1. The number of carbonyl (C=O) groups is 4. The molecular formula is C17H20N2O8. The summed E-state index contributed by atoms with van der Waals surface area (Å²) >= 11 is 0. The zero-order valence-corrected chi connectivity index (χ0v) is 14.3. The first-order valence-electron chi connectivity index (χ1n) is 7.96. The van der Waals surface area contributed by atoms with E-state index in [0.29, 0.717) is 0 Å². The minimum Gasteiger partial charge on any atom is -0.473 e. The highest BCUT2D eigenvalue weighted by Crippen LogP contribution is 2.32. The van der Waals surface area contributed by atoms with E-state index < -0.39 is 23.9 Å². The summed E-state index contributed by atoms with van der Waals surface area (Å²) in [5, 5.41) is 29.6. The molecule has 0 radical (unpaired) electrons.